The van der Waals surface area contributed by atoms with Crippen LogP contribution in [0.3, 0.4) is 0 Å². The van der Waals surface area contributed by atoms with Crippen LogP contribution in [0.15, 0.2) is 28.7 Å². The maximum Gasteiger partial charge on any atom is 0.328 e. The van der Waals surface area contributed by atoms with Crippen molar-refractivity contribution in [1.82, 2.24) is 0 Å². The summed E-state index contributed by atoms with van der Waals surface area (Å²) < 4.78 is 0.936. The van der Waals surface area contributed by atoms with E-state index < -0.39 is 5.97 Å². The van der Waals surface area contributed by atoms with Gasteiger partial charge >= 0.3 is 5.97 Å². The number of anilines is 1. The highest BCUT2D eigenvalue weighted by molar-refractivity contribution is 9.10. The Kier molecular flexibility index (Phi) is 5.18. The minimum Gasteiger partial charge on any atom is -0.478 e. The van der Waals surface area contributed by atoms with Gasteiger partial charge in [-0.25, -0.2) is 4.79 Å². The van der Waals surface area contributed by atoms with Crippen LogP contribution in [0, 0.1) is 5.41 Å². The van der Waals surface area contributed by atoms with Gasteiger partial charge in [0, 0.05) is 29.8 Å². The van der Waals surface area contributed by atoms with Crippen molar-refractivity contribution in [3.63, 3.8) is 0 Å². The van der Waals surface area contributed by atoms with Gasteiger partial charge in [-0.2, -0.15) is 0 Å². The number of aliphatic carboxylic acids is 1. The lowest BCUT2D eigenvalue weighted by Gasteiger charge is -2.29. The van der Waals surface area contributed by atoms with E-state index in [9.17, 15) is 4.79 Å². The minimum atomic E-state index is -0.940. The third-order valence-electron chi connectivity index (χ3n) is 2.52. The van der Waals surface area contributed by atoms with Crippen LogP contribution >= 0.6 is 15.9 Å². The summed E-state index contributed by atoms with van der Waals surface area (Å²) >= 11 is 3.41. The highest BCUT2D eigenvalue weighted by Crippen LogP contribution is 2.27. The third-order valence-corrected chi connectivity index (χ3v) is 3.01. The highest BCUT2D eigenvalue weighted by Gasteiger charge is 2.15. The first-order chi connectivity index (χ1) is 8.69. The summed E-state index contributed by atoms with van der Waals surface area (Å²) in [6.45, 7) is 7.42. The van der Waals surface area contributed by atoms with Crippen molar-refractivity contribution in [3.8, 4) is 0 Å². The molecule has 1 aromatic rings. The molecule has 0 fully saturated rings. The molecule has 1 N–H and O–H groups in total. The van der Waals surface area contributed by atoms with E-state index in [-0.39, 0.29) is 5.41 Å². The molecule has 0 aromatic heterocycles. The Balaban J connectivity index is 3.09. The summed E-state index contributed by atoms with van der Waals surface area (Å²) in [6, 6.07) is 5.89. The summed E-state index contributed by atoms with van der Waals surface area (Å²) in [5.41, 5.74) is 2.09. The molecule has 3 nitrogen and oxygen atoms in total. The summed E-state index contributed by atoms with van der Waals surface area (Å²) in [5, 5.41) is 8.75. The van der Waals surface area contributed by atoms with E-state index in [0.717, 1.165) is 28.3 Å². The number of carboxylic acids is 1. The summed E-state index contributed by atoms with van der Waals surface area (Å²) in [7, 11) is 2.02. The van der Waals surface area contributed by atoms with Gasteiger partial charge in [0.15, 0.2) is 0 Å². The van der Waals surface area contributed by atoms with Crippen molar-refractivity contribution >= 4 is 33.7 Å². The van der Waals surface area contributed by atoms with Gasteiger partial charge in [0.25, 0.3) is 0 Å². The van der Waals surface area contributed by atoms with Crippen LogP contribution in [0.4, 0.5) is 5.69 Å². The highest BCUT2D eigenvalue weighted by atomic mass is 79.9. The topological polar surface area (TPSA) is 40.5 Å². The van der Waals surface area contributed by atoms with E-state index in [1.165, 1.54) is 0 Å². The molecule has 0 saturated carbocycles. The molecule has 0 radical (unpaired) electrons. The Morgan fingerprint density at radius 2 is 2.05 bits per heavy atom. The van der Waals surface area contributed by atoms with Crippen molar-refractivity contribution < 1.29 is 9.90 Å². The second-order valence-electron chi connectivity index (χ2n) is 5.79. The Hall–Kier alpha value is -1.29. The van der Waals surface area contributed by atoms with Crippen LogP contribution < -0.4 is 4.90 Å². The number of nitrogens with zero attached hydrogens (tertiary/aromatic N) is 1. The molecule has 104 valence electrons. The molecule has 1 rings (SSSR count). The average Bonchev–Trinajstić information content (AvgIpc) is 2.23. The number of rotatable bonds is 4. The normalized spacial score (nSPS) is 11.8. The number of benzene rings is 1. The molecule has 0 aliphatic carbocycles. The Bertz CT molecular complexity index is 489. The molecule has 0 atom stereocenters. The predicted molar refractivity (Wildman–Crippen MR) is 83.5 cm³/mol. The number of hydrogen-bond acceptors (Lipinski definition) is 2. The first kappa shape index (κ1) is 15.8. The average molecular weight is 326 g/mol. The lowest BCUT2D eigenvalue weighted by atomic mass is 9.95. The lowest BCUT2D eigenvalue weighted by Crippen LogP contribution is -2.29. The van der Waals surface area contributed by atoms with Crippen LogP contribution in [0.25, 0.3) is 6.08 Å². The maximum absolute atomic E-state index is 10.7. The lowest BCUT2D eigenvalue weighted by molar-refractivity contribution is -0.131. The Labute approximate surface area is 123 Å². The second kappa shape index (κ2) is 6.24. The van der Waals surface area contributed by atoms with Gasteiger partial charge in [0.1, 0.15) is 0 Å². The van der Waals surface area contributed by atoms with Crippen molar-refractivity contribution in [2.45, 2.75) is 20.8 Å². The molecule has 0 bridgehead atoms. The molecule has 0 unspecified atom stereocenters. The van der Waals surface area contributed by atoms with Gasteiger partial charge in [-0.1, -0.05) is 36.7 Å². The Morgan fingerprint density at radius 1 is 1.42 bits per heavy atom. The summed E-state index contributed by atoms with van der Waals surface area (Å²) in [5.74, 6) is -0.940. The first-order valence-electron chi connectivity index (χ1n) is 6.11. The number of hydrogen-bond donors (Lipinski definition) is 1. The van der Waals surface area contributed by atoms with Gasteiger partial charge in [-0.3, -0.25) is 0 Å². The smallest absolute Gasteiger partial charge is 0.328 e. The van der Waals surface area contributed by atoms with Gasteiger partial charge in [0.2, 0.25) is 0 Å². The van der Waals surface area contributed by atoms with Gasteiger partial charge in [0.05, 0.1) is 0 Å². The number of carbonyl (C=O) groups is 1. The standard InChI is InChI=1S/C15H20BrNO2/c1-15(2,3)10-17(4)13-7-6-12(16)9-11(13)5-8-14(18)19/h5-9H,10H2,1-4H3,(H,18,19)/b8-5+. The zero-order chi connectivity index (χ0) is 14.6. The van der Waals surface area contributed by atoms with Crippen molar-refractivity contribution in [3.05, 3.63) is 34.3 Å². The fourth-order valence-corrected chi connectivity index (χ4v) is 2.34. The van der Waals surface area contributed by atoms with Crippen LogP contribution in [-0.4, -0.2) is 24.7 Å². The molecule has 0 aliphatic heterocycles. The van der Waals surface area contributed by atoms with E-state index in [4.69, 9.17) is 5.11 Å². The van der Waals surface area contributed by atoms with Crippen molar-refractivity contribution in [1.29, 1.82) is 0 Å². The molecular formula is C15H20BrNO2. The molecule has 0 spiro atoms. The zero-order valence-electron chi connectivity index (χ0n) is 11.8. The molecule has 19 heavy (non-hydrogen) atoms. The van der Waals surface area contributed by atoms with Gasteiger partial charge in [-0.15, -0.1) is 0 Å². The van der Waals surface area contributed by atoms with Gasteiger partial charge in [-0.05, 0) is 35.3 Å². The monoisotopic (exact) mass is 325 g/mol. The number of halogens is 1. The van der Waals surface area contributed by atoms with Crippen LogP contribution in [0.1, 0.15) is 26.3 Å². The van der Waals surface area contributed by atoms with E-state index in [1.807, 2.05) is 25.2 Å². The second-order valence-corrected chi connectivity index (χ2v) is 6.71. The largest absolute Gasteiger partial charge is 0.478 e. The van der Waals surface area contributed by atoms with E-state index in [1.54, 1.807) is 6.08 Å². The third kappa shape index (κ3) is 5.47. The quantitative estimate of drug-likeness (QED) is 0.849. The fraction of sp³-hybridized carbons (Fsp3) is 0.400. The van der Waals surface area contributed by atoms with Crippen LogP contribution in [0.5, 0.6) is 0 Å². The van der Waals surface area contributed by atoms with Crippen LogP contribution in [-0.2, 0) is 4.79 Å². The molecule has 4 heteroatoms. The van der Waals surface area contributed by atoms with E-state index in [2.05, 4.69) is 41.6 Å². The SMILES string of the molecule is CN(CC(C)(C)C)c1ccc(Br)cc1/C=C/C(=O)O. The maximum atomic E-state index is 10.7. The summed E-state index contributed by atoms with van der Waals surface area (Å²) in [4.78, 5) is 12.8. The van der Waals surface area contributed by atoms with Crippen molar-refractivity contribution in [2.24, 2.45) is 5.41 Å². The van der Waals surface area contributed by atoms with Gasteiger partial charge < -0.3 is 10.0 Å². The zero-order valence-corrected chi connectivity index (χ0v) is 13.4. The van der Waals surface area contributed by atoms with Crippen molar-refractivity contribution in [2.75, 3.05) is 18.5 Å². The Morgan fingerprint density at radius 3 is 2.58 bits per heavy atom. The molecule has 0 saturated heterocycles. The summed E-state index contributed by atoms with van der Waals surface area (Å²) in [6.07, 6.45) is 2.79. The molecule has 0 amide bonds. The van der Waals surface area contributed by atoms with Crippen LogP contribution in [0.2, 0.25) is 0 Å². The molecule has 0 aliphatic rings. The fourth-order valence-electron chi connectivity index (χ4n) is 1.96. The minimum absolute atomic E-state index is 0.176. The predicted octanol–water partition coefficient (Wildman–Crippen LogP) is 4.03. The molecular weight excluding hydrogens is 306 g/mol. The molecule has 0 heterocycles. The molecule has 1 aromatic carbocycles. The van der Waals surface area contributed by atoms with E-state index >= 15 is 0 Å². The first-order valence-corrected chi connectivity index (χ1v) is 6.90. The van der Waals surface area contributed by atoms with E-state index in [0.29, 0.717) is 0 Å². The number of carboxylic acid groups (broad SMARTS) is 1.